The van der Waals surface area contributed by atoms with E-state index in [-0.39, 0.29) is 0 Å². The Hall–Kier alpha value is -2.87. The molecule has 0 aliphatic heterocycles. The molecule has 0 spiro atoms. The standard InChI is InChI=1S/C34H50O2/c1-2-3-4-5-6-7-8-9-10-11-12-13-14-15-16-17-18-19-20-21-22-23-24-25-26-27-28-29-30-31-32-33-34(35)36/h16-33H,2-15H2,1H3,(H,35,36)/b17-16+,19-18+,21-20+,23-22+,25-24+,27-26+,29-28+,31-30+,33-32+. The van der Waals surface area contributed by atoms with E-state index in [2.05, 4.69) is 31.2 Å². The molecule has 2 heteroatoms. The van der Waals surface area contributed by atoms with Gasteiger partial charge in [0.15, 0.2) is 0 Å². The Morgan fingerprint density at radius 3 is 1.11 bits per heavy atom. The number of hydrogen-bond acceptors (Lipinski definition) is 1. The van der Waals surface area contributed by atoms with E-state index in [1.807, 2.05) is 60.8 Å². The summed E-state index contributed by atoms with van der Waals surface area (Å²) in [5.74, 6) is -0.945. The molecule has 0 bridgehead atoms. The molecular weight excluding hydrogens is 440 g/mol. The van der Waals surface area contributed by atoms with Crippen LogP contribution in [0.5, 0.6) is 0 Å². The van der Waals surface area contributed by atoms with Gasteiger partial charge in [-0.3, -0.25) is 0 Å². The van der Waals surface area contributed by atoms with Gasteiger partial charge in [0.05, 0.1) is 0 Å². The minimum absolute atomic E-state index is 0.945. The highest BCUT2D eigenvalue weighted by molar-refractivity contribution is 5.80. The second-order valence-corrected chi connectivity index (χ2v) is 8.85. The lowest BCUT2D eigenvalue weighted by molar-refractivity contribution is -0.131. The van der Waals surface area contributed by atoms with Crippen molar-refractivity contribution in [3.05, 3.63) is 109 Å². The molecule has 0 aromatic carbocycles. The normalized spacial score (nSPS) is 13.4. The van der Waals surface area contributed by atoms with Crippen molar-refractivity contribution in [2.75, 3.05) is 0 Å². The molecule has 0 aliphatic rings. The zero-order chi connectivity index (χ0) is 26.2. The van der Waals surface area contributed by atoms with E-state index in [1.165, 1.54) is 96.0 Å². The zero-order valence-electron chi connectivity index (χ0n) is 22.6. The van der Waals surface area contributed by atoms with Gasteiger partial charge >= 0.3 is 5.97 Å². The molecule has 0 saturated heterocycles. The van der Waals surface area contributed by atoms with Crippen LogP contribution < -0.4 is 0 Å². The third-order valence-electron chi connectivity index (χ3n) is 5.52. The van der Waals surface area contributed by atoms with Crippen LogP contribution in [-0.4, -0.2) is 11.1 Å². The summed E-state index contributed by atoms with van der Waals surface area (Å²) in [7, 11) is 0. The predicted octanol–water partition coefficient (Wildman–Crippen LogP) is 10.6. The van der Waals surface area contributed by atoms with Crippen molar-refractivity contribution in [1.29, 1.82) is 0 Å². The molecule has 0 saturated carbocycles. The average Bonchev–Trinajstić information content (AvgIpc) is 2.87. The van der Waals surface area contributed by atoms with E-state index in [0.717, 1.165) is 6.08 Å². The molecule has 0 aromatic heterocycles. The molecule has 0 radical (unpaired) electrons. The summed E-state index contributed by atoms with van der Waals surface area (Å²) in [6.07, 6.45) is 53.6. The highest BCUT2D eigenvalue weighted by atomic mass is 16.4. The third-order valence-corrected chi connectivity index (χ3v) is 5.52. The molecule has 0 fully saturated rings. The lowest BCUT2D eigenvalue weighted by Crippen LogP contribution is -1.84. The molecule has 36 heavy (non-hydrogen) atoms. The Bertz CT molecular complexity index is 754. The number of unbranched alkanes of at least 4 members (excludes halogenated alkanes) is 13. The fourth-order valence-corrected chi connectivity index (χ4v) is 3.49. The van der Waals surface area contributed by atoms with E-state index in [9.17, 15) is 4.79 Å². The monoisotopic (exact) mass is 490 g/mol. The molecule has 0 aliphatic carbocycles. The minimum atomic E-state index is -0.945. The van der Waals surface area contributed by atoms with E-state index in [4.69, 9.17) is 5.11 Å². The summed E-state index contributed by atoms with van der Waals surface area (Å²) in [5.41, 5.74) is 0. The predicted molar refractivity (Wildman–Crippen MR) is 160 cm³/mol. The topological polar surface area (TPSA) is 37.3 Å². The number of carbonyl (C=O) groups is 1. The van der Waals surface area contributed by atoms with Gasteiger partial charge in [0.1, 0.15) is 0 Å². The van der Waals surface area contributed by atoms with Crippen molar-refractivity contribution in [1.82, 2.24) is 0 Å². The number of hydrogen-bond donors (Lipinski definition) is 1. The number of aliphatic carboxylic acids is 1. The van der Waals surface area contributed by atoms with Crippen LogP contribution in [0.25, 0.3) is 0 Å². The molecule has 198 valence electrons. The Balaban J connectivity index is 3.58. The van der Waals surface area contributed by atoms with E-state index in [0.29, 0.717) is 0 Å². The maximum Gasteiger partial charge on any atom is 0.328 e. The lowest BCUT2D eigenvalue weighted by Gasteiger charge is -2.02. The van der Waals surface area contributed by atoms with Gasteiger partial charge in [-0.15, -0.1) is 0 Å². The van der Waals surface area contributed by atoms with Crippen LogP contribution in [0.2, 0.25) is 0 Å². The molecule has 1 N–H and O–H groups in total. The largest absolute Gasteiger partial charge is 0.478 e. The first-order chi connectivity index (χ1) is 17.8. The third kappa shape index (κ3) is 31.1. The van der Waals surface area contributed by atoms with Gasteiger partial charge in [-0.2, -0.15) is 0 Å². The second kappa shape index (κ2) is 30.2. The van der Waals surface area contributed by atoms with E-state index in [1.54, 1.807) is 12.2 Å². The second-order valence-electron chi connectivity index (χ2n) is 8.85. The van der Waals surface area contributed by atoms with Crippen LogP contribution in [0.4, 0.5) is 0 Å². The maximum atomic E-state index is 10.3. The molecule has 0 rings (SSSR count). The first kappa shape index (κ1) is 33.1. The van der Waals surface area contributed by atoms with Crippen molar-refractivity contribution in [3.63, 3.8) is 0 Å². The zero-order valence-corrected chi connectivity index (χ0v) is 22.6. The summed E-state index contributed by atoms with van der Waals surface area (Å²) in [6, 6.07) is 0. The van der Waals surface area contributed by atoms with Gasteiger partial charge in [0, 0.05) is 6.08 Å². The number of rotatable bonds is 23. The molecule has 0 heterocycles. The molecule has 2 nitrogen and oxygen atoms in total. The smallest absolute Gasteiger partial charge is 0.328 e. The fraction of sp³-hybridized carbons (Fsp3) is 0.441. The van der Waals surface area contributed by atoms with Crippen LogP contribution in [0, 0.1) is 0 Å². The van der Waals surface area contributed by atoms with Crippen molar-refractivity contribution in [3.8, 4) is 0 Å². The average molecular weight is 491 g/mol. The number of carboxylic acid groups (broad SMARTS) is 1. The highest BCUT2D eigenvalue weighted by Gasteiger charge is 1.93. The first-order valence-corrected chi connectivity index (χ1v) is 14.0. The summed E-state index contributed by atoms with van der Waals surface area (Å²) < 4.78 is 0. The van der Waals surface area contributed by atoms with Gasteiger partial charge in [-0.25, -0.2) is 4.79 Å². The fourth-order valence-electron chi connectivity index (χ4n) is 3.49. The van der Waals surface area contributed by atoms with Crippen molar-refractivity contribution < 1.29 is 9.90 Å². The molecule has 0 aromatic rings. The highest BCUT2D eigenvalue weighted by Crippen LogP contribution is 2.13. The van der Waals surface area contributed by atoms with E-state index < -0.39 is 5.97 Å². The minimum Gasteiger partial charge on any atom is -0.478 e. The lowest BCUT2D eigenvalue weighted by atomic mass is 10.0. The van der Waals surface area contributed by atoms with E-state index >= 15 is 0 Å². The summed E-state index contributed by atoms with van der Waals surface area (Å²) in [4.78, 5) is 10.3. The molecule has 0 amide bonds. The first-order valence-electron chi connectivity index (χ1n) is 14.0. The van der Waals surface area contributed by atoms with Crippen LogP contribution in [0.15, 0.2) is 109 Å². The Morgan fingerprint density at radius 2 is 0.750 bits per heavy atom. The summed E-state index contributed by atoms with van der Waals surface area (Å²) in [5, 5.41) is 8.45. The Morgan fingerprint density at radius 1 is 0.444 bits per heavy atom. The molecule has 0 unspecified atom stereocenters. The summed E-state index contributed by atoms with van der Waals surface area (Å²) in [6.45, 7) is 2.28. The SMILES string of the molecule is CCCCCCCCCCCCCCC/C=C/C=C/C=C/C=C/C=C/C=C/C=C/C=C/C=C/C(=O)O. The van der Waals surface area contributed by atoms with Crippen LogP contribution in [-0.2, 0) is 4.79 Å². The Kier molecular flexibility index (Phi) is 27.8. The van der Waals surface area contributed by atoms with Gasteiger partial charge in [-0.05, 0) is 12.8 Å². The van der Waals surface area contributed by atoms with Crippen LogP contribution in [0.1, 0.15) is 96.8 Å². The van der Waals surface area contributed by atoms with Gasteiger partial charge in [0.25, 0.3) is 0 Å². The molecule has 0 atom stereocenters. The van der Waals surface area contributed by atoms with Crippen LogP contribution in [0.3, 0.4) is 0 Å². The quantitative estimate of drug-likeness (QED) is 0.0878. The van der Waals surface area contributed by atoms with Crippen molar-refractivity contribution >= 4 is 5.97 Å². The molecular formula is C34H50O2. The van der Waals surface area contributed by atoms with Gasteiger partial charge < -0.3 is 5.11 Å². The summed E-state index contributed by atoms with van der Waals surface area (Å²) >= 11 is 0. The maximum absolute atomic E-state index is 10.3. The van der Waals surface area contributed by atoms with Crippen LogP contribution >= 0.6 is 0 Å². The Labute approximate surface area is 222 Å². The number of carboxylic acids is 1. The van der Waals surface area contributed by atoms with Gasteiger partial charge in [0.2, 0.25) is 0 Å². The number of allylic oxidation sites excluding steroid dienone is 17. The van der Waals surface area contributed by atoms with Crippen molar-refractivity contribution in [2.24, 2.45) is 0 Å². The van der Waals surface area contributed by atoms with Crippen molar-refractivity contribution in [2.45, 2.75) is 96.8 Å². The van der Waals surface area contributed by atoms with Gasteiger partial charge in [-0.1, -0.05) is 187 Å².